The lowest BCUT2D eigenvalue weighted by atomic mass is 9.98. The van der Waals surface area contributed by atoms with Gasteiger partial charge in [0.15, 0.2) is 5.76 Å². The number of nitrogens with zero attached hydrogens (tertiary/aromatic N) is 2. The molecule has 0 aliphatic rings. The van der Waals surface area contributed by atoms with Crippen LogP contribution < -0.4 is 10.6 Å². The highest BCUT2D eigenvalue weighted by atomic mass is 16.3. The number of rotatable bonds is 8. The van der Waals surface area contributed by atoms with E-state index in [4.69, 9.17) is 4.42 Å². The normalized spacial score (nSPS) is 10.7. The number of hydrogen-bond donors (Lipinski definition) is 2. The number of carbonyl (C=O) groups is 2. The molecule has 0 saturated carbocycles. The summed E-state index contributed by atoms with van der Waals surface area (Å²) >= 11 is 0. The van der Waals surface area contributed by atoms with E-state index in [1.165, 1.54) is 6.26 Å². The van der Waals surface area contributed by atoms with Crippen LogP contribution in [0.2, 0.25) is 0 Å². The van der Waals surface area contributed by atoms with E-state index in [9.17, 15) is 9.59 Å². The van der Waals surface area contributed by atoms with Crippen molar-refractivity contribution in [2.75, 3.05) is 5.32 Å². The van der Waals surface area contributed by atoms with Crippen LogP contribution >= 0.6 is 0 Å². The molecular weight excluding hydrogens is 452 g/mol. The molecule has 0 bridgehead atoms. The van der Waals surface area contributed by atoms with Gasteiger partial charge in [-0.25, -0.2) is 0 Å². The van der Waals surface area contributed by atoms with E-state index in [1.807, 2.05) is 65.5 Å². The summed E-state index contributed by atoms with van der Waals surface area (Å²) in [6.07, 6.45) is 5.15. The maximum absolute atomic E-state index is 13.0. The van der Waals surface area contributed by atoms with Gasteiger partial charge < -0.3 is 15.1 Å². The molecule has 178 valence electrons. The fraction of sp³-hybridized carbons (Fsp3) is 0.0690. The number of hydrogen-bond acceptors (Lipinski definition) is 4. The van der Waals surface area contributed by atoms with Crippen molar-refractivity contribution in [1.29, 1.82) is 0 Å². The molecular formula is C29H24N4O3. The predicted molar refractivity (Wildman–Crippen MR) is 137 cm³/mol. The summed E-state index contributed by atoms with van der Waals surface area (Å²) in [6, 6.07) is 28.2. The van der Waals surface area contributed by atoms with Crippen LogP contribution in [0, 0.1) is 0 Å². The van der Waals surface area contributed by atoms with E-state index < -0.39 is 0 Å². The summed E-state index contributed by atoms with van der Waals surface area (Å²) in [6.45, 7) is 1.06. The molecule has 5 rings (SSSR count). The fourth-order valence-corrected chi connectivity index (χ4v) is 3.89. The second-order valence-electron chi connectivity index (χ2n) is 8.26. The standard InChI is InChI=1S/C29H24N4O3/c34-28(30-19-21-10-14-24(15-11-21)32-29(35)27-7-3-18-36-27)26-6-2-1-5-25(26)23-12-8-22(9-13-23)20-33-17-4-16-31-33/h1-18H,19-20H2,(H,30,34)(H,32,35). The first-order valence-electron chi connectivity index (χ1n) is 11.5. The van der Waals surface area contributed by atoms with Crippen LogP contribution in [-0.4, -0.2) is 21.6 Å². The lowest BCUT2D eigenvalue weighted by Crippen LogP contribution is -2.23. The van der Waals surface area contributed by atoms with Crippen LogP contribution in [0.15, 0.2) is 114 Å². The maximum atomic E-state index is 13.0. The topological polar surface area (TPSA) is 89.2 Å². The monoisotopic (exact) mass is 476 g/mol. The summed E-state index contributed by atoms with van der Waals surface area (Å²) in [5.41, 5.74) is 5.15. The van der Waals surface area contributed by atoms with Crippen LogP contribution in [0.1, 0.15) is 32.0 Å². The molecule has 2 aromatic heterocycles. The molecule has 0 fully saturated rings. The van der Waals surface area contributed by atoms with Gasteiger partial charge in [-0.2, -0.15) is 5.10 Å². The number of benzene rings is 3. The average molecular weight is 477 g/mol. The van der Waals surface area contributed by atoms with Gasteiger partial charge in [-0.15, -0.1) is 0 Å². The van der Waals surface area contributed by atoms with E-state index in [2.05, 4.69) is 27.9 Å². The summed E-state index contributed by atoms with van der Waals surface area (Å²) < 4.78 is 6.97. The number of aromatic nitrogens is 2. The van der Waals surface area contributed by atoms with E-state index in [1.54, 1.807) is 30.5 Å². The number of nitrogens with one attached hydrogen (secondary N) is 2. The van der Waals surface area contributed by atoms with Crippen molar-refractivity contribution in [3.8, 4) is 11.1 Å². The molecule has 0 radical (unpaired) electrons. The van der Waals surface area contributed by atoms with Gasteiger partial charge in [0.25, 0.3) is 11.8 Å². The molecule has 0 aliphatic carbocycles. The summed E-state index contributed by atoms with van der Waals surface area (Å²) in [4.78, 5) is 25.1. The smallest absolute Gasteiger partial charge is 0.291 e. The quantitative estimate of drug-likeness (QED) is 0.315. The Kier molecular flexibility index (Phi) is 6.71. The Balaban J connectivity index is 1.22. The van der Waals surface area contributed by atoms with E-state index in [0.717, 1.165) is 22.3 Å². The highest BCUT2D eigenvalue weighted by Crippen LogP contribution is 2.24. The number of anilines is 1. The van der Waals surface area contributed by atoms with E-state index in [-0.39, 0.29) is 17.6 Å². The first-order chi connectivity index (χ1) is 17.7. The van der Waals surface area contributed by atoms with Gasteiger partial charge in [-0.05, 0) is 58.7 Å². The largest absolute Gasteiger partial charge is 0.459 e. The highest BCUT2D eigenvalue weighted by molar-refractivity contribution is 6.02. The van der Waals surface area contributed by atoms with Gasteiger partial charge in [-0.1, -0.05) is 54.6 Å². The second-order valence-corrected chi connectivity index (χ2v) is 8.26. The third-order valence-electron chi connectivity index (χ3n) is 5.75. The lowest BCUT2D eigenvalue weighted by Gasteiger charge is -2.12. The second kappa shape index (κ2) is 10.6. The molecule has 0 unspecified atom stereocenters. The Labute approximate surface area is 208 Å². The molecule has 2 N–H and O–H groups in total. The van der Waals surface area contributed by atoms with Crippen LogP contribution in [-0.2, 0) is 13.1 Å². The minimum Gasteiger partial charge on any atom is -0.459 e. The van der Waals surface area contributed by atoms with Crippen LogP contribution in [0.4, 0.5) is 5.69 Å². The molecule has 3 aromatic carbocycles. The zero-order valence-electron chi connectivity index (χ0n) is 19.4. The Bertz CT molecular complexity index is 1440. The first-order valence-corrected chi connectivity index (χ1v) is 11.5. The molecule has 0 saturated heterocycles. The zero-order valence-corrected chi connectivity index (χ0v) is 19.4. The SMILES string of the molecule is O=C(Nc1ccc(CNC(=O)c2ccccc2-c2ccc(Cn3cccn3)cc2)cc1)c1ccco1. The molecule has 0 spiro atoms. The Hall–Kier alpha value is -4.91. The first kappa shape index (κ1) is 22.9. The molecule has 0 atom stereocenters. The van der Waals surface area contributed by atoms with Gasteiger partial charge in [-0.3, -0.25) is 14.3 Å². The molecule has 36 heavy (non-hydrogen) atoms. The highest BCUT2D eigenvalue weighted by Gasteiger charge is 2.13. The van der Waals surface area contributed by atoms with Gasteiger partial charge in [0.05, 0.1) is 12.8 Å². The summed E-state index contributed by atoms with van der Waals surface area (Å²) in [7, 11) is 0. The number of furan rings is 1. The van der Waals surface area contributed by atoms with Crippen molar-refractivity contribution in [2.24, 2.45) is 0 Å². The van der Waals surface area contributed by atoms with Crippen molar-refractivity contribution in [3.05, 3.63) is 132 Å². The maximum Gasteiger partial charge on any atom is 0.291 e. The third kappa shape index (κ3) is 5.42. The third-order valence-corrected chi connectivity index (χ3v) is 5.75. The fourth-order valence-electron chi connectivity index (χ4n) is 3.89. The van der Waals surface area contributed by atoms with Crippen molar-refractivity contribution in [3.63, 3.8) is 0 Å². The summed E-state index contributed by atoms with van der Waals surface area (Å²) in [5.74, 6) is -0.217. The predicted octanol–water partition coefficient (Wildman–Crippen LogP) is 5.37. The van der Waals surface area contributed by atoms with E-state index >= 15 is 0 Å². The molecule has 7 heteroatoms. The molecule has 0 aliphatic heterocycles. The minimum atomic E-state index is -0.313. The number of carbonyl (C=O) groups excluding carboxylic acids is 2. The van der Waals surface area contributed by atoms with Crippen LogP contribution in [0.25, 0.3) is 11.1 Å². The Morgan fingerprint density at radius 2 is 1.58 bits per heavy atom. The molecule has 2 heterocycles. The minimum absolute atomic E-state index is 0.151. The van der Waals surface area contributed by atoms with Crippen molar-refractivity contribution >= 4 is 17.5 Å². The van der Waals surface area contributed by atoms with Crippen LogP contribution in [0.3, 0.4) is 0 Å². The lowest BCUT2D eigenvalue weighted by molar-refractivity contribution is 0.0950. The summed E-state index contributed by atoms with van der Waals surface area (Å²) in [5, 5.41) is 10.0. The van der Waals surface area contributed by atoms with Gasteiger partial charge in [0, 0.05) is 30.2 Å². The van der Waals surface area contributed by atoms with Crippen molar-refractivity contribution in [2.45, 2.75) is 13.1 Å². The number of amides is 2. The average Bonchev–Trinajstić information content (AvgIpc) is 3.64. The van der Waals surface area contributed by atoms with Gasteiger partial charge in [0.2, 0.25) is 0 Å². The van der Waals surface area contributed by atoms with E-state index in [0.29, 0.717) is 24.3 Å². The van der Waals surface area contributed by atoms with Crippen molar-refractivity contribution < 1.29 is 14.0 Å². The van der Waals surface area contributed by atoms with Gasteiger partial charge >= 0.3 is 0 Å². The Morgan fingerprint density at radius 1 is 0.806 bits per heavy atom. The van der Waals surface area contributed by atoms with Crippen molar-refractivity contribution in [1.82, 2.24) is 15.1 Å². The van der Waals surface area contributed by atoms with Gasteiger partial charge in [0.1, 0.15) is 0 Å². The zero-order chi connectivity index (χ0) is 24.7. The molecule has 2 amide bonds. The molecule has 5 aromatic rings. The van der Waals surface area contributed by atoms with Crippen LogP contribution in [0.5, 0.6) is 0 Å². The Morgan fingerprint density at radius 3 is 2.31 bits per heavy atom. The molecule has 7 nitrogen and oxygen atoms in total.